The molecule has 0 bridgehead atoms. The summed E-state index contributed by atoms with van der Waals surface area (Å²) in [6.45, 7) is -0.215. The Morgan fingerprint density at radius 2 is 1.88 bits per heavy atom. The van der Waals surface area contributed by atoms with Crippen LogP contribution in [0.15, 0.2) is 18.2 Å². The van der Waals surface area contributed by atoms with Crippen molar-refractivity contribution in [2.75, 3.05) is 6.54 Å². The highest BCUT2D eigenvalue weighted by atomic mass is 32.2. The zero-order valence-electron chi connectivity index (χ0n) is 8.73. The Bertz CT molecular complexity index is 473. The smallest absolute Gasteiger partial charge is 0.274 e. The molecule has 1 aromatic rings. The number of halogens is 2. The summed E-state index contributed by atoms with van der Waals surface area (Å²) in [4.78, 5) is 0. The van der Waals surface area contributed by atoms with E-state index in [-0.39, 0.29) is 13.0 Å². The second-order valence-electron chi connectivity index (χ2n) is 3.38. The van der Waals surface area contributed by atoms with E-state index in [2.05, 4.69) is 5.14 Å². The minimum atomic E-state index is -3.87. The highest BCUT2D eigenvalue weighted by Crippen LogP contribution is 2.22. The Hall–Kier alpha value is -1.09. The van der Waals surface area contributed by atoms with Crippen LogP contribution < -0.4 is 9.86 Å². The number of rotatable bonds is 5. The molecule has 0 radical (unpaired) electrons. The summed E-state index contributed by atoms with van der Waals surface area (Å²) in [5.74, 6) is -1.76. The van der Waals surface area contributed by atoms with Gasteiger partial charge < -0.3 is 5.11 Å². The van der Waals surface area contributed by atoms with Crippen LogP contribution in [0.1, 0.15) is 18.1 Å². The third kappa shape index (κ3) is 4.35. The van der Waals surface area contributed by atoms with Crippen molar-refractivity contribution in [2.45, 2.75) is 12.5 Å². The van der Waals surface area contributed by atoms with Gasteiger partial charge in [-0.05, 0) is 18.6 Å². The van der Waals surface area contributed by atoms with Gasteiger partial charge in [0.1, 0.15) is 11.6 Å². The van der Waals surface area contributed by atoms with Gasteiger partial charge in [-0.3, -0.25) is 0 Å². The number of hydrogen-bond acceptors (Lipinski definition) is 3. The third-order valence-corrected chi connectivity index (χ3v) is 2.66. The molecule has 0 spiro atoms. The van der Waals surface area contributed by atoms with E-state index < -0.39 is 33.5 Å². The fourth-order valence-corrected chi connectivity index (χ4v) is 1.71. The van der Waals surface area contributed by atoms with Crippen molar-refractivity contribution < 1.29 is 22.3 Å². The summed E-state index contributed by atoms with van der Waals surface area (Å²) in [5.41, 5.74) is -0.483. The normalized spacial score (nSPS) is 13.6. The number of hydrogen-bond donors (Lipinski definition) is 3. The Kier molecular flexibility index (Phi) is 4.52. The van der Waals surface area contributed by atoms with Gasteiger partial charge in [0.05, 0.1) is 11.7 Å². The van der Waals surface area contributed by atoms with Crippen molar-refractivity contribution in [3.63, 3.8) is 0 Å². The molecule has 0 aromatic heterocycles. The highest BCUT2D eigenvalue weighted by Gasteiger charge is 2.17. The summed E-state index contributed by atoms with van der Waals surface area (Å²) in [6.07, 6.45) is -1.63. The van der Waals surface area contributed by atoms with E-state index in [9.17, 15) is 22.3 Å². The van der Waals surface area contributed by atoms with Gasteiger partial charge in [-0.1, -0.05) is 6.07 Å². The number of benzene rings is 1. The van der Waals surface area contributed by atoms with Crippen molar-refractivity contribution in [3.05, 3.63) is 35.4 Å². The van der Waals surface area contributed by atoms with Gasteiger partial charge in [0.2, 0.25) is 0 Å². The van der Waals surface area contributed by atoms with E-state index in [1.54, 1.807) is 0 Å². The number of nitrogens with two attached hydrogens (primary N) is 1. The maximum absolute atomic E-state index is 13.2. The second-order valence-corrected chi connectivity index (χ2v) is 4.76. The van der Waals surface area contributed by atoms with E-state index >= 15 is 0 Å². The van der Waals surface area contributed by atoms with E-state index in [1.165, 1.54) is 6.07 Å². The number of nitrogens with one attached hydrogen (secondary N) is 1. The molecular weight excluding hydrogens is 254 g/mol. The predicted molar refractivity (Wildman–Crippen MR) is 57.0 cm³/mol. The first kappa shape index (κ1) is 14.0. The van der Waals surface area contributed by atoms with Crippen LogP contribution >= 0.6 is 0 Å². The van der Waals surface area contributed by atoms with E-state index in [4.69, 9.17) is 0 Å². The fourth-order valence-electron chi connectivity index (χ4n) is 1.31. The van der Waals surface area contributed by atoms with Crippen molar-refractivity contribution >= 4 is 10.2 Å². The molecule has 1 rings (SSSR count). The Morgan fingerprint density at radius 3 is 2.35 bits per heavy atom. The van der Waals surface area contributed by atoms with Crippen molar-refractivity contribution in [1.29, 1.82) is 0 Å². The lowest BCUT2D eigenvalue weighted by Crippen LogP contribution is -2.32. The summed E-state index contributed by atoms with van der Waals surface area (Å²) < 4.78 is 49.3. The molecule has 0 aliphatic rings. The standard InChI is InChI=1S/C9H12F2N2O3S/c10-6-2-1-3-7(11)9(6)8(14)4-5-13-17(12,15)16/h1-3,8,13-14H,4-5H2,(H2,12,15,16). The van der Waals surface area contributed by atoms with Gasteiger partial charge in [0, 0.05) is 6.54 Å². The van der Waals surface area contributed by atoms with Gasteiger partial charge in [-0.2, -0.15) is 8.42 Å². The van der Waals surface area contributed by atoms with Crippen LogP contribution in [0.5, 0.6) is 0 Å². The first-order valence-corrected chi connectivity index (χ1v) is 6.25. The highest BCUT2D eigenvalue weighted by molar-refractivity contribution is 7.87. The van der Waals surface area contributed by atoms with Crippen molar-refractivity contribution in [3.8, 4) is 0 Å². The molecule has 0 saturated carbocycles. The molecule has 0 aliphatic heterocycles. The molecule has 1 atom stereocenters. The molecule has 0 aliphatic carbocycles. The van der Waals surface area contributed by atoms with Crippen molar-refractivity contribution in [1.82, 2.24) is 4.72 Å². The van der Waals surface area contributed by atoms with Crippen LogP contribution in [-0.2, 0) is 10.2 Å². The van der Waals surface area contributed by atoms with Gasteiger partial charge in [-0.15, -0.1) is 0 Å². The lowest BCUT2D eigenvalue weighted by atomic mass is 10.1. The lowest BCUT2D eigenvalue weighted by molar-refractivity contribution is 0.159. The molecular formula is C9H12F2N2O3S. The summed E-state index contributed by atoms with van der Waals surface area (Å²) in [6, 6.07) is 3.19. The van der Waals surface area contributed by atoms with E-state index in [1.807, 2.05) is 4.72 Å². The topological polar surface area (TPSA) is 92.4 Å². The number of aliphatic hydroxyl groups is 1. The molecule has 0 fully saturated rings. The fraction of sp³-hybridized carbons (Fsp3) is 0.333. The molecule has 0 heterocycles. The Balaban J connectivity index is 2.67. The Labute approximate surface area is 97.4 Å². The average Bonchev–Trinajstić information content (AvgIpc) is 2.15. The van der Waals surface area contributed by atoms with Crippen LogP contribution in [0.3, 0.4) is 0 Å². The summed E-state index contributed by atoms with van der Waals surface area (Å²) in [7, 11) is -3.87. The SMILES string of the molecule is NS(=O)(=O)NCCC(O)c1c(F)cccc1F. The lowest BCUT2D eigenvalue weighted by Gasteiger charge is -2.12. The molecule has 1 aromatic carbocycles. The molecule has 8 heteroatoms. The van der Waals surface area contributed by atoms with Crippen molar-refractivity contribution in [2.24, 2.45) is 5.14 Å². The summed E-state index contributed by atoms with van der Waals surface area (Å²) in [5, 5.41) is 14.2. The van der Waals surface area contributed by atoms with E-state index in [0.717, 1.165) is 12.1 Å². The first-order chi connectivity index (χ1) is 7.81. The van der Waals surface area contributed by atoms with Crippen LogP contribution in [0, 0.1) is 11.6 Å². The molecule has 0 saturated heterocycles. The van der Waals surface area contributed by atoms with Crippen LogP contribution in [0.2, 0.25) is 0 Å². The monoisotopic (exact) mass is 266 g/mol. The van der Waals surface area contributed by atoms with Gasteiger partial charge >= 0.3 is 0 Å². The number of aliphatic hydroxyl groups excluding tert-OH is 1. The molecule has 96 valence electrons. The minimum Gasteiger partial charge on any atom is -0.388 e. The molecule has 5 nitrogen and oxygen atoms in total. The van der Waals surface area contributed by atoms with Gasteiger partial charge in [0.25, 0.3) is 10.2 Å². The van der Waals surface area contributed by atoms with Crippen LogP contribution in [-0.4, -0.2) is 20.1 Å². The van der Waals surface area contributed by atoms with Crippen LogP contribution in [0.25, 0.3) is 0 Å². The zero-order chi connectivity index (χ0) is 13.1. The quantitative estimate of drug-likeness (QED) is 0.710. The maximum Gasteiger partial charge on any atom is 0.274 e. The summed E-state index contributed by atoms with van der Waals surface area (Å²) >= 11 is 0. The maximum atomic E-state index is 13.2. The minimum absolute atomic E-state index is 0.186. The zero-order valence-corrected chi connectivity index (χ0v) is 9.55. The van der Waals surface area contributed by atoms with E-state index in [0.29, 0.717) is 0 Å². The first-order valence-electron chi connectivity index (χ1n) is 4.70. The molecule has 4 N–H and O–H groups in total. The van der Waals surface area contributed by atoms with Gasteiger partial charge in [0.15, 0.2) is 0 Å². The molecule has 17 heavy (non-hydrogen) atoms. The Morgan fingerprint density at radius 1 is 1.35 bits per heavy atom. The predicted octanol–water partition coefficient (Wildman–Crippen LogP) is 0.181. The average molecular weight is 266 g/mol. The van der Waals surface area contributed by atoms with Gasteiger partial charge in [-0.25, -0.2) is 18.6 Å². The molecule has 1 unspecified atom stereocenters. The second kappa shape index (κ2) is 5.50. The molecule has 0 amide bonds. The largest absolute Gasteiger partial charge is 0.388 e. The van der Waals surface area contributed by atoms with Crippen LogP contribution in [0.4, 0.5) is 8.78 Å². The third-order valence-electron chi connectivity index (χ3n) is 2.05.